The second-order valence-corrected chi connectivity index (χ2v) is 8.85. The molecule has 9 heteroatoms. The quantitative estimate of drug-likeness (QED) is 0.521. The zero-order chi connectivity index (χ0) is 21.9. The van der Waals surface area contributed by atoms with Gasteiger partial charge in [-0.05, 0) is 44.2 Å². The van der Waals surface area contributed by atoms with Crippen LogP contribution in [0.2, 0.25) is 0 Å². The van der Waals surface area contributed by atoms with Crippen LogP contribution in [0.3, 0.4) is 0 Å². The van der Waals surface area contributed by atoms with Crippen LogP contribution in [0.25, 0.3) is 0 Å². The van der Waals surface area contributed by atoms with E-state index >= 15 is 0 Å². The number of benzene rings is 1. The Morgan fingerprint density at radius 3 is 2.38 bits per heavy atom. The largest absolute Gasteiger partial charge is 0.467 e. The number of esters is 1. The topological polar surface area (TPSA) is 72.5 Å². The van der Waals surface area contributed by atoms with Crippen LogP contribution in [0.4, 0.5) is 13.2 Å². The van der Waals surface area contributed by atoms with Crippen LogP contribution >= 0.6 is 0 Å². The Labute approximate surface area is 168 Å². The van der Waals surface area contributed by atoms with Crippen molar-refractivity contribution in [3.05, 3.63) is 54.1 Å². The molecule has 5 nitrogen and oxygen atoms in total. The molecule has 1 aromatic rings. The van der Waals surface area contributed by atoms with Crippen molar-refractivity contribution in [3.63, 3.8) is 0 Å². The van der Waals surface area contributed by atoms with Gasteiger partial charge in [0.2, 0.25) is 15.6 Å². The van der Waals surface area contributed by atoms with Crippen molar-refractivity contribution in [1.82, 2.24) is 4.72 Å². The van der Waals surface area contributed by atoms with Crippen LogP contribution in [0.15, 0.2) is 59.0 Å². The minimum atomic E-state index is -5.24. The Morgan fingerprint density at radius 1 is 1.28 bits per heavy atom. The number of nitrogens with one attached hydrogen (secondary N) is 1. The molecule has 29 heavy (non-hydrogen) atoms. The molecule has 2 rings (SSSR count). The number of hydrogen-bond acceptors (Lipinski definition) is 4. The molecule has 0 fully saturated rings. The maximum absolute atomic E-state index is 14.2. The normalized spacial score (nSPS) is 19.8. The van der Waals surface area contributed by atoms with Crippen molar-refractivity contribution < 1.29 is 31.1 Å². The molecule has 0 saturated carbocycles. The summed E-state index contributed by atoms with van der Waals surface area (Å²) in [5.41, 5.74) is -2.19. The summed E-state index contributed by atoms with van der Waals surface area (Å²) in [6.07, 6.45) is -2.48. The van der Waals surface area contributed by atoms with Gasteiger partial charge >= 0.3 is 12.1 Å². The molecule has 0 amide bonds. The van der Waals surface area contributed by atoms with Gasteiger partial charge in [0.1, 0.15) is 0 Å². The Kier molecular flexibility index (Phi) is 6.95. The van der Waals surface area contributed by atoms with Crippen LogP contribution in [-0.2, 0) is 19.6 Å². The number of alkyl halides is 3. The van der Waals surface area contributed by atoms with Gasteiger partial charge in [-0.3, -0.25) is 0 Å². The zero-order valence-electron chi connectivity index (χ0n) is 16.3. The van der Waals surface area contributed by atoms with E-state index in [1.54, 1.807) is 4.72 Å². The van der Waals surface area contributed by atoms with Gasteiger partial charge in [-0.2, -0.15) is 17.9 Å². The van der Waals surface area contributed by atoms with Crippen molar-refractivity contribution in [2.75, 3.05) is 7.11 Å². The molecule has 0 spiro atoms. The third-order valence-corrected chi connectivity index (χ3v) is 6.60. The molecule has 0 radical (unpaired) electrons. The van der Waals surface area contributed by atoms with Gasteiger partial charge in [-0.25, -0.2) is 13.2 Å². The highest BCUT2D eigenvalue weighted by atomic mass is 32.2. The number of ether oxygens (including phenoxy) is 1. The van der Waals surface area contributed by atoms with E-state index in [2.05, 4.69) is 11.3 Å². The highest BCUT2D eigenvalue weighted by molar-refractivity contribution is 7.89. The van der Waals surface area contributed by atoms with Crippen LogP contribution in [0, 0.1) is 5.92 Å². The van der Waals surface area contributed by atoms with Gasteiger partial charge < -0.3 is 4.74 Å². The molecule has 1 N–H and O–H groups in total. The minimum Gasteiger partial charge on any atom is -0.467 e. The van der Waals surface area contributed by atoms with Crippen molar-refractivity contribution >= 4 is 16.0 Å². The maximum Gasteiger partial charge on any atom is 0.418 e. The molecule has 0 unspecified atom stereocenters. The van der Waals surface area contributed by atoms with E-state index in [0.717, 1.165) is 24.8 Å². The summed E-state index contributed by atoms with van der Waals surface area (Å²) in [5, 5.41) is 0. The Bertz CT molecular complexity index is 894. The van der Waals surface area contributed by atoms with Gasteiger partial charge in [0.05, 0.1) is 12.0 Å². The minimum absolute atomic E-state index is 0.146. The first kappa shape index (κ1) is 23.2. The number of halogens is 3. The lowest BCUT2D eigenvalue weighted by molar-refractivity contribution is -0.207. The highest BCUT2D eigenvalue weighted by Crippen LogP contribution is 2.41. The number of allylic oxidation sites excluding steroid dienone is 2. The molecular weight excluding hydrogens is 407 g/mol. The smallest absolute Gasteiger partial charge is 0.418 e. The molecule has 1 aliphatic rings. The first-order chi connectivity index (χ1) is 13.4. The van der Waals surface area contributed by atoms with E-state index in [1.807, 2.05) is 13.0 Å². The van der Waals surface area contributed by atoms with Gasteiger partial charge in [0.15, 0.2) is 0 Å². The number of sulfonamides is 1. The van der Waals surface area contributed by atoms with Crippen molar-refractivity contribution in [2.45, 2.75) is 49.2 Å². The summed E-state index contributed by atoms with van der Waals surface area (Å²) in [4.78, 5) is 11.9. The van der Waals surface area contributed by atoms with Crippen molar-refractivity contribution in [1.29, 1.82) is 0 Å². The fourth-order valence-electron chi connectivity index (χ4n) is 3.31. The summed E-state index contributed by atoms with van der Waals surface area (Å²) in [6, 6.07) is 6.56. The molecule has 0 saturated heterocycles. The monoisotopic (exact) mass is 431 g/mol. The maximum atomic E-state index is 14.2. The first-order valence-electron chi connectivity index (χ1n) is 9.00. The summed E-state index contributed by atoms with van der Waals surface area (Å²) in [7, 11) is -3.88. The number of methoxy groups -OCH3 is 1. The van der Waals surface area contributed by atoms with Gasteiger partial charge in [0, 0.05) is 6.42 Å². The number of rotatable bonds is 7. The Morgan fingerprint density at radius 2 is 1.90 bits per heavy atom. The average Bonchev–Trinajstić information content (AvgIpc) is 2.66. The number of hydrogen-bond donors (Lipinski definition) is 1. The summed E-state index contributed by atoms with van der Waals surface area (Å²) >= 11 is 0. The molecule has 0 aromatic heterocycles. The molecule has 160 valence electrons. The summed E-state index contributed by atoms with van der Waals surface area (Å²) < 4.78 is 73.8. The molecule has 1 aliphatic carbocycles. The molecule has 0 aliphatic heterocycles. The molecule has 1 aromatic carbocycles. The number of carbonyl (C=O) groups excluding carboxylic acids is 1. The fourth-order valence-corrected chi connectivity index (χ4v) is 4.67. The van der Waals surface area contributed by atoms with Gasteiger partial charge in [-0.15, -0.1) is 0 Å². The summed E-state index contributed by atoms with van der Waals surface area (Å²) in [6.45, 7) is 5.68. The predicted molar refractivity (Wildman–Crippen MR) is 102 cm³/mol. The van der Waals surface area contributed by atoms with Crippen molar-refractivity contribution in [3.8, 4) is 0 Å². The third kappa shape index (κ3) is 5.08. The average molecular weight is 431 g/mol. The van der Waals surface area contributed by atoms with E-state index in [4.69, 9.17) is 0 Å². The Hall–Kier alpha value is -2.13. The van der Waals surface area contributed by atoms with Crippen molar-refractivity contribution in [2.24, 2.45) is 5.92 Å². The first-order valence-corrected chi connectivity index (χ1v) is 10.5. The molecule has 0 heterocycles. The van der Waals surface area contributed by atoms with Gasteiger partial charge in [-0.1, -0.05) is 42.0 Å². The lowest BCUT2D eigenvalue weighted by Gasteiger charge is -2.36. The van der Waals surface area contributed by atoms with E-state index in [1.165, 1.54) is 18.2 Å². The van der Waals surface area contributed by atoms with Crippen LogP contribution in [0.5, 0.6) is 0 Å². The van der Waals surface area contributed by atoms with Crippen LogP contribution in [0.1, 0.15) is 32.6 Å². The second-order valence-electron chi connectivity index (χ2n) is 7.17. The SMILES string of the molecule is C=C(C[C@@](NS(=O)(=O)c1ccccc1)(C(=O)OC)C(F)(F)F)[C@H]1CC=C(C)CC1. The van der Waals surface area contributed by atoms with Gasteiger partial charge in [0.25, 0.3) is 0 Å². The highest BCUT2D eigenvalue weighted by Gasteiger charge is 2.63. The van der Waals surface area contributed by atoms with E-state index in [9.17, 15) is 26.4 Å². The number of carbonyl (C=O) groups is 1. The molecule has 2 atom stereocenters. The molecule has 0 bridgehead atoms. The lowest BCUT2D eigenvalue weighted by atomic mass is 9.79. The predicted octanol–water partition coefficient (Wildman–Crippen LogP) is 4.13. The third-order valence-electron chi connectivity index (χ3n) is 5.09. The van der Waals surface area contributed by atoms with E-state index < -0.39 is 34.1 Å². The Balaban J connectivity index is 2.46. The van der Waals surface area contributed by atoms with Crippen LogP contribution in [-0.4, -0.2) is 33.2 Å². The molecular formula is C20H24F3NO4S. The summed E-state index contributed by atoms with van der Waals surface area (Å²) in [5.74, 6) is -2.01. The standard InChI is InChI=1S/C20H24F3NO4S/c1-14-9-11-16(12-10-14)15(2)13-19(18(25)28-3,20(21,22)23)24-29(26,27)17-7-5-4-6-8-17/h4-9,16,24H,2,10-13H2,1,3H3/t16-,19+/m0/s1. The van der Waals surface area contributed by atoms with E-state index in [0.29, 0.717) is 19.3 Å². The van der Waals surface area contributed by atoms with Crippen LogP contribution < -0.4 is 4.72 Å². The lowest BCUT2D eigenvalue weighted by Crippen LogP contribution is -2.64. The second kappa shape index (κ2) is 8.71. The van der Waals surface area contributed by atoms with E-state index in [-0.39, 0.29) is 16.4 Å². The zero-order valence-corrected chi connectivity index (χ0v) is 17.1. The fraction of sp³-hybridized carbons (Fsp3) is 0.450.